The van der Waals surface area contributed by atoms with Gasteiger partial charge in [-0.2, -0.15) is 0 Å². The van der Waals surface area contributed by atoms with Crippen molar-refractivity contribution in [3.63, 3.8) is 0 Å². The molecule has 1 atom stereocenters. The first kappa shape index (κ1) is 15.9. The first-order valence-electron chi connectivity index (χ1n) is 7.87. The summed E-state index contributed by atoms with van der Waals surface area (Å²) in [7, 11) is 0. The molecule has 20 heavy (non-hydrogen) atoms. The van der Waals surface area contributed by atoms with Crippen LogP contribution in [0.25, 0.3) is 0 Å². The third-order valence-electron chi connectivity index (χ3n) is 4.06. The summed E-state index contributed by atoms with van der Waals surface area (Å²) in [6, 6.07) is 0.660. The van der Waals surface area contributed by atoms with Crippen LogP contribution in [0.1, 0.15) is 69.0 Å². The van der Waals surface area contributed by atoms with E-state index in [1.807, 2.05) is 13.8 Å². The fourth-order valence-electron chi connectivity index (χ4n) is 2.92. The second-order valence-corrected chi connectivity index (χ2v) is 7.59. The molecule has 1 aromatic rings. The highest BCUT2D eigenvalue weighted by atomic mass is 32.1. The number of piperidine rings is 1. The van der Waals surface area contributed by atoms with Crippen molar-refractivity contribution >= 4 is 11.3 Å². The molecule has 0 aromatic carbocycles. The summed E-state index contributed by atoms with van der Waals surface area (Å²) in [5, 5.41) is 11.5. The van der Waals surface area contributed by atoms with Crippen molar-refractivity contribution in [3.05, 3.63) is 15.6 Å². The minimum absolute atomic E-state index is 0.660. The average molecular weight is 296 g/mol. The Balaban J connectivity index is 2.15. The number of aryl methyl sites for hydroxylation is 1. The molecular weight excluding hydrogens is 268 g/mol. The topological polar surface area (TPSA) is 36.4 Å². The number of likely N-dealkylation sites (tertiary alicyclic amines) is 1. The minimum atomic E-state index is -0.770. The van der Waals surface area contributed by atoms with Gasteiger partial charge in [-0.15, -0.1) is 11.3 Å². The zero-order valence-electron chi connectivity index (χ0n) is 13.3. The highest BCUT2D eigenvalue weighted by Gasteiger charge is 2.26. The molecule has 0 spiro atoms. The van der Waals surface area contributed by atoms with E-state index in [4.69, 9.17) is 4.98 Å². The van der Waals surface area contributed by atoms with Gasteiger partial charge in [-0.3, -0.25) is 4.90 Å². The number of aromatic nitrogens is 1. The lowest BCUT2D eigenvalue weighted by molar-refractivity contribution is 0.0813. The molecule has 1 aliphatic rings. The SMILES string of the molecule is CCCc1nc(CN2CCCCC2C)sc1C(C)(C)O. The molecule has 1 aliphatic heterocycles. The number of hydrogen-bond acceptors (Lipinski definition) is 4. The van der Waals surface area contributed by atoms with Crippen molar-refractivity contribution in [2.75, 3.05) is 6.54 Å². The monoisotopic (exact) mass is 296 g/mol. The zero-order chi connectivity index (χ0) is 14.8. The van der Waals surface area contributed by atoms with E-state index in [1.165, 1.54) is 30.8 Å². The summed E-state index contributed by atoms with van der Waals surface area (Å²) < 4.78 is 0. The summed E-state index contributed by atoms with van der Waals surface area (Å²) in [6.45, 7) is 10.3. The van der Waals surface area contributed by atoms with Gasteiger partial charge in [0, 0.05) is 6.04 Å². The summed E-state index contributed by atoms with van der Waals surface area (Å²) in [6.07, 6.45) is 5.99. The van der Waals surface area contributed by atoms with Crippen LogP contribution >= 0.6 is 11.3 Å². The summed E-state index contributed by atoms with van der Waals surface area (Å²) >= 11 is 1.70. The Kier molecular flexibility index (Phi) is 5.21. The van der Waals surface area contributed by atoms with Gasteiger partial charge in [-0.05, 0) is 46.6 Å². The minimum Gasteiger partial charge on any atom is -0.385 e. The molecule has 114 valence electrons. The van der Waals surface area contributed by atoms with Gasteiger partial charge < -0.3 is 5.11 Å². The van der Waals surface area contributed by atoms with E-state index in [9.17, 15) is 5.11 Å². The zero-order valence-corrected chi connectivity index (χ0v) is 14.1. The molecule has 0 saturated carbocycles. The molecule has 0 bridgehead atoms. The Morgan fingerprint density at radius 1 is 1.40 bits per heavy atom. The smallest absolute Gasteiger partial charge is 0.107 e. The maximum atomic E-state index is 10.3. The molecule has 1 aromatic heterocycles. The van der Waals surface area contributed by atoms with Gasteiger partial charge >= 0.3 is 0 Å². The van der Waals surface area contributed by atoms with Crippen molar-refractivity contribution in [2.45, 2.75) is 78.0 Å². The van der Waals surface area contributed by atoms with E-state index in [0.717, 1.165) is 30.0 Å². The Labute approximate surface area is 127 Å². The van der Waals surface area contributed by atoms with E-state index < -0.39 is 5.60 Å². The molecule has 1 fully saturated rings. The predicted molar refractivity (Wildman–Crippen MR) is 85.1 cm³/mol. The van der Waals surface area contributed by atoms with Crippen LogP contribution in [-0.2, 0) is 18.6 Å². The number of aliphatic hydroxyl groups is 1. The molecule has 4 heteroatoms. The van der Waals surface area contributed by atoms with Gasteiger partial charge in [-0.1, -0.05) is 19.8 Å². The molecular formula is C16H28N2OS. The summed E-state index contributed by atoms with van der Waals surface area (Å²) in [5.74, 6) is 0. The maximum absolute atomic E-state index is 10.3. The predicted octanol–water partition coefficient (Wildman–Crippen LogP) is 3.70. The lowest BCUT2D eigenvalue weighted by atomic mass is 10.0. The first-order valence-corrected chi connectivity index (χ1v) is 8.69. The number of nitrogens with zero attached hydrogens (tertiary/aromatic N) is 2. The molecule has 3 nitrogen and oxygen atoms in total. The molecule has 2 rings (SSSR count). The van der Waals surface area contributed by atoms with Gasteiger partial charge in [0.25, 0.3) is 0 Å². The van der Waals surface area contributed by atoms with Gasteiger partial charge in [0.05, 0.1) is 22.7 Å². The van der Waals surface area contributed by atoms with Crippen LogP contribution in [0.3, 0.4) is 0 Å². The standard InChI is InChI=1S/C16H28N2OS/c1-5-8-13-15(16(3,4)19)20-14(17-13)11-18-10-7-6-9-12(18)2/h12,19H,5-11H2,1-4H3. The fraction of sp³-hybridized carbons (Fsp3) is 0.812. The summed E-state index contributed by atoms with van der Waals surface area (Å²) in [5.41, 5.74) is 0.332. The quantitative estimate of drug-likeness (QED) is 0.900. The van der Waals surface area contributed by atoms with E-state index >= 15 is 0 Å². The molecule has 2 heterocycles. The molecule has 1 N–H and O–H groups in total. The Morgan fingerprint density at radius 2 is 2.15 bits per heavy atom. The lowest BCUT2D eigenvalue weighted by Gasteiger charge is -2.32. The normalized spacial score (nSPS) is 21.4. The summed E-state index contributed by atoms with van der Waals surface area (Å²) in [4.78, 5) is 8.40. The number of thiazole rings is 1. The van der Waals surface area contributed by atoms with Gasteiger partial charge in [0.1, 0.15) is 5.01 Å². The third kappa shape index (κ3) is 3.80. The Bertz CT molecular complexity index is 436. The van der Waals surface area contributed by atoms with Crippen LogP contribution in [0.15, 0.2) is 0 Å². The van der Waals surface area contributed by atoms with Gasteiger partial charge in [0.15, 0.2) is 0 Å². The van der Waals surface area contributed by atoms with Crippen molar-refractivity contribution < 1.29 is 5.11 Å². The van der Waals surface area contributed by atoms with Gasteiger partial charge in [-0.25, -0.2) is 4.98 Å². The molecule has 0 amide bonds. The Morgan fingerprint density at radius 3 is 2.75 bits per heavy atom. The molecule has 1 unspecified atom stereocenters. The second-order valence-electron chi connectivity index (χ2n) is 6.51. The third-order valence-corrected chi connectivity index (χ3v) is 5.46. The highest BCUT2D eigenvalue weighted by molar-refractivity contribution is 7.11. The highest BCUT2D eigenvalue weighted by Crippen LogP contribution is 2.32. The van der Waals surface area contributed by atoms with Crippen LogP contribution in [0, 0.1) is 0 Å². The molecule has 0 aliphatic carbocycles. The van der Waals surface area contributed by atoms with Crippen molar-refractivity contribution in [2.24, 2.45) is 0 Å². The van der Waals surface area contributed by atoms with Crippen LogP contribution in [-0.4, -0.2) is 27.6 Å². The van der Waals surface area contributed by atoms with E-state index in [1.54, 1.807) is 11.3 Å². The second kappa shape index (κ2) is 6.54. The van der Waals surface area contributed by atoms with Crippen molar-refractivity contribution in [1.82, 2.24) is 9.88 Å². The molecule has 1 saturated heterocycles. The van der Waals surface area contributed by atoms with Crippen LogP contribution < -0.4 is 0 Å². The average Bonchev–Trinajstić information content (AvgIpc) is 2.76. The van der Waals surface area contributed by atoms with E-state index in [2.05, 4.69) is 18.7 Å². The number of hydrogen-bond donors (Lipinski definition) is 1. The maximum Gasteiger partial charge on any atom is 0.107 e. The van der Waals surface area contributed by atoms with Crippen molar-refractivity contribution in [3.8, 4) is 0 Å². The van der Waals surface area contributed by atoms with Gasteiger partial charge in [0.2, 0.25) is 0 Å². The Hall–Kier alpha value is -0.450. The fourth-order valence-corrected chi connectivity index (χ4v) is 4.06. The van der Waals surface area contributed by atoms with Crippen LogP contribution in [0.4, 0.5) is 0 Å². The number of rotatable bonds is 5. The van der Waals surface area contributed by atoms with Crippen molar-refractivity contribution in [1.29, 1.82) is 0 Å². The van der Waals surface area contributed by atoms with Crippen LogP contribution in [0.2, 0.25) is 0 Å². The lowest BCUT2D eigenvalue weighted by Crippen LogP contribution is -2.36. The van der Waals surface area contributed by atoms with Crippen LogP contribution in [0.5, 0.6) is 0 Å². The first-order chi connectivity index (χ1) is 9.41. The molecule has 0 radical (unpaired) electrons. The van der Waals surface area contributed by atoms with E-state index in [-0.39, 0.29) is 0 Å². The van der Waals surface area contributed by atoms with E-state index in [0.29, 0.717) is 6.04 Å². The largest absolute Gasteiger partial charge is 0.385 e.